The van der Waals surface area contributed by atoms with Gasteiger partial charge in [-0.15, -0.1) is 0 Å². The van der Waals surface area contributed by atoms with Gasteiger partial charge in [0.1, 0.15) is 22.9 Å². The van der Waals surface area contributed by atoms with E-state index in [0.29, 0.717) is 5.76 Å². The number of hydrogen-bond donors (Lipinski definition) is 1. The van der Waals surface area contributed by atoms with Gasteiger partial charge in [0.05, 0.1) is 6.04 Å². The molecule has 0 fully saturated rings. The lowest BCUT2D eigenvalue weighted by molar-refractivity contribution is -0.117. The molecule has 0 bridgehead atoms. The third-order valence-corrected chi connectivity index (χ3v) is 3.39. The summed E-state index contributed by atoms with van der Waals surface area (Å²) >= 11 is 0. The van der Waals surface area contributed by atoms with Crippen molar-refractivity contribution in [1.82, 2.24) is 5.32 Å². The molecule has 112 valence electrons. The summed E-state index contributed by atoms with van der Waals surface area (Å²) in [6.45, 7) is 3.75. The molecule has 0 spiro atoms. The molecular formula is C18H17NO3. The Hall–Kier alpha value is -2.75. The molecule has 22 heavy (non-hydrogen) atoms. The molecule has 0 saturated heterocycles. The molecule has 1 N–H and O–H groups in total. The number of benzene rings is 1. The molecule has 1 amide bonds. The van der Waals surface area contributed by atoms with Gasteiger partial charge in [-0.25, -0.2) is 0 Å². The van der Waals surface area contributed by atoms with E-state index in [0.717, 1.165) is 22.5 Å². The van der Waals surface area contributed by atoms with E-state index in [9.17, 15) is 4.79 Å². The van der Waals surface area contributed by atoms with E-state index in [1.807, 2.05) is 56.3 Å². The van der Waals surface area contributed by atoms with E-state index in [4.69, 9.17) is 8.83 Å². The maximum atomic E-state index is 11.9. The van der Waals surface area contributed by atoms with Gasteiger partial charge in [0, 0.05) is 11.5 Å². The molecule has 4 nitrogen and oxygen atoms in total. The van der Waals surface area contributed by atoms with E-state index >= 15 is 0 Å². The van der Waals surface area contributed by atoms with E-state index < -0.39 is 0 Å². The molecule has 1 atom stereocenters. The number of amides is 1. The van der Waals surface area contributed by atoms with Crippen molar-refractivity contribution < 1.29 is 13.6 Å². The quantitative estimate of drug-likeness (QED) is 0.733. The van der Waals surface area contributed by atoms with Crippen LogP contribution in [0.15, 0.2) is 57.4 Å². The van der Waals surface area contributed by atoms with Gasteiger partial charge in [-0.05, 0) is 44.2 Å². The minimum Gasteiger partial charge on any atom is -0.464 e. The maximum absolute atomic E-state index is 11.9. The fourth-order valence-corrected chi connectivity index (χ4v) is 2.26. The lowest BCUT2D eigenvalue weighted by Gasteiger charge is -2.09. The minimum absolute atomic E-state index is 0.179. The highest BCUT2D eigenvalue weighted by atomic mass is 16.3. The van der Waals surface area contributed by atoms with E-state index in [-0.39, 0.29) is 11.9 Å². The number of carbonyl (C=O) groups is 1. The smallest absolute Gasteiger partial charge is 0.244 e. The Morgan fingerprint density at radius 3 is 2.73 bits per heavy atom. The molecule has 1 aromatic carbocycles. The van der Waals surface area contributed by atoms with Gasteiger partial charge in [-0.2, -0.15) is 0 Å². The average molecular weight is 295 g/mol. The number of carbonyl (C=O) groups excluding carboxylic acids is 1. The van der Waals surface area contributed by atoms with Crippen LogP contribution in [-0.4, -0.2) is 5.91 Å². The SMILES string of the molecule is Cc1ccc(C(C)NC(=O)/C=C/c2cc3ccccc3o2)o1. The van der Waals surface area contributed by atoms with E-state index in [1.54, 1.807) is 6.08 Å². The zero-order valence-electron chi connectivity index (χ0n) is 12.5. The summed E-state index contributed by atoms with van der Waals surface area (Å²) in [5, 5.41) is 3.87. The van der Waals surface area contributed by atoms with E-state index in [1.165, 1.54) is 6.08 Å². The highest BCUT2D eigenvalue weighted by Crippen LogP contribution is 2.20. The van der Waals surface area contributed by atoms with Crippen LogP contribution in [0.3, 0.4) is 0 Å². The molecular weight excluding hydrogens is 278 g/mol. The zero-order valence-corrected chi connectivity index (χ0v) is 12.5. The lowest BCUT2D eigenvalue weighted by Crippen LogP contribution is -2.24. The summed E-state index contributed by atoms with van der Waals surface area (Å²) in [7, 11) is 0. The summed E-state index contributed by atoms with van der Waals surface area (Å²) in [5.74, 6) is 2.02. The second kappa shape index (κ2) is 5.93. The molecule has 2 heterocycles. The topological polar surface area (TPSA) is 55.4 Å². The Labute approximate surface area is 128 Å². The zero-order chi connectivity index (χ0) is 15.5. The molecule has 1 unspecified atom stereocenters. The number of hydrogen-bond acceptors (Lipinski definition) is 3. The fourth-order valence-electron chi connectivity index (χ4n) is 2.26. The summed E-state index contributed by atoms with van der Waals surface area (Å²) in [5.41, 5.74) is 0.807. The highest BCUT2D eigenvalue weighted by molar-refractivity contribution is 5.92. The first kappa shape index (κ1) is 14.2. The molecule has 2 aromatic heterocycles. The van der Waals surface area contributed by atoms with Crippen LogP contribution in [0.1, 0.15) is 30.2 Å². The van der Waals surface area contributed by atoms with Gasteiger partial charge in [0.25, 0.3) is 0 Å². The number of rotatable bonds is 4. The Morgan fingerprint density at radius 1 is 1.18 bits per heavy atom. The third-order valence-electron chi connectivity index (χ3n) is 3.39. The number of nitrogens with one attached hydrogen (secondary N) is 1. The van der Waals surface area contributed by atoms with E-state index in [2.05, 4.69) is 5.32 Å². The van der Waals surface area contributed by atoms with Gasteiger partial charge < -0.3 is 14.2 Å². The van der Waals surface area contributed by atoms with Crippen molar-refractivity contribution in [3.05, 3.63) is 65.8 Å². The summed E-state index contributed by atoms with van der Waals surface area (Å²) in [6.07, 6.45) is 3.12. The van der Waals surface area contributed by atoms with Crippen LogP contribution in [0.2, 0.25) is 0 Å². The molecule has 0 aliphatic carbocycles. The summed E-state index contributed by atoms with van der Waals surface area (Å²) in [4.78, 5) is 11.9. The predicted octanol–water partition coefficient (Wildman–Crippen LogP) is 4.22. The number of fused-ring (bicyclic) bond motifs is 1. The van der Waals surface area contributed by atoms with Gasteiger partial charge in [0.2, 0.25) is 5.91 Å². The van der Waals surface area contributed by atoms with Crippen molar-refractivity contribution in [1.29, 1.82) is 0 Å². The van der Waals surface area contributed by atoms with Crippen LogP contribution < -0.4 is 5.32 Å². The fraction of sp³-hybridized carbons (Fsp3) is 0.167. The first-order valence-corrected chi connectivity index (χ1v) is 7.15. The van der Waals surface area contributed by atoms with Crippen molar-refractivity contribution in [2.24, 2.45) is 0 Å². The monoisotopic (exact) mass is 295 g/mol. The number of para-hydroxylation sites is 1. The molecule has 4 heteroatoms. The Morgan fingerprint density at radius 2 is 2.00 bits per heavy atom. The largest absolute Gasteiger partial charge is 0.464 e. The van der Waals surface area contributed by atoms with Crippen LogP contribution in [0.25, 0.3) is 17.0 Å². The van der Waals surface area contributed by atoms with Gasteiger partial charge in [0.15, 0.2) is 0 Å². The molecule has 0 saturated carbocycles. The lowest BCUT2D eigenvalue weighted by atomic mass is 10.2. The molecule has 3 aromatic rings. The second-order valence-corrected chi connectivity index (χ2v) is 5.20. The molecule has 0 aliphatic rings. The highest BCUT2D eigenvalue weighted by Gasteiger charge is 2.11. The molecule has 3 rings (SSSR count). The minimum atomic E-state index is -0.193. The predicted molar refractivity (Wildman–Crippen MR) is 85.3 cm³/mol. The van der Waals surface area contributed by atoms with Crippen molar-refractivity contribution in [2.75, 3.05) is 0 Å². The first-order chi connectivity index (χ1) is 10.6. The normalized spacial score (nSPS) is 12.8. The average Bonchev–Trinajstić information content (AvgIpc) is 3.10. The van der Waals surface area contributed by atoms with Crippen molar-refractivity contribution in [3.63, 3.8) is 0 Å². The van der Waals surface area contributed by atoms with Crippen molar-refractivity contribution >= 4 is 23.0 Å². The summed E-state index contributed by atoms with van der Waals surface area (Å²) in [6, 6.07) is 13.2. The van der Waals surface area contributed by atoms with Crippen LogP contribution in [0.4, 0.5) is 0 Å². The first-order valence-electron chi connectivity index (χ1n) is 7.15. The van der Waals surface area contributed by atoms with Gasteiger partial charge in [-0.3, -0.25) is 4.79 Å². The number of aryl methyl sites for hydroxylation is 1. The van der Waals surface area contributed by atoms with Crippen molar-refractivity contribution in [2.45, 2.75) is 19.9 Å². The Bertz CT molecular complexity index is 793. The Balaban J connectivity index is 1.65. The van der Waals surface area contributed by atoms with Gasteiger partial charge >= 0.3 is 0 Å². The molecule has 0 radical (unpaired) electrons. The Kier molecular flexibility index (Phi) is 3.83. The van der Waals surface area contributed by atoms with Gasteiger partial charge in [-0.1, -0.05) is 18.2 Å². The van der Waals surface area contributed by atoms with Crippen LogP contribution in [0, 0.1) is 6.92 Å². The standard InChI is InChI=1S/C18H17NO3/c1-12-7-9-16(21-12)13(2)19-18(20)10-8-15-11-14-5-3-4-6-17(14)22-15/h3-11,13H,1-2H3,(H,19,20)/b10-8+. The van der Waals surface area contributed by atoms with Crippen LogP contribution >= 0.6 is 0 Å². The van der Waals surface area contributed by atoms with Crippen LogP contribution in [-0.2, 0) is 4.79 Å². The second-order valence-electron chi connectivity index (χ2n) is 5.20. The third kappa shape index (κ3) is 3.11. The van der Waals surface area contributed by atoms with Crippen LogP contribution in [0.5, 0.6) is 0 Å². The van der Waals surface area contributed by atoms with Crippen molar-refractivity contribution in [3.8, 4) is 0 Å². The molecule has 0 aliphatic heterocycles. The number of furan rings is 2. The summed E-state index contributed by atoms with van der Waals surface area (Å²) < 4.78 is 11.1. The maximum Gasteiger partial charge on any atom is 0.244 e.